The van der Waals surface area contributed by atoms with Gasteiger partial charge in [0.25, 0.3) is 0 Å². The lowest BCUT2D eigenvalue weighted by Gasteiger charge is -2.26. The van der Waals surface area contributed by atoms with E-state index in [4.69, 9.17) is 13.6 Å². The van der Waals surface area contributed by atoms with Gasteiger partial charge in [-0.1, -0.05) is 6.42 Å². The summed E-state index contributed by atoms with van der Waals surface area (Å²) in [5.41, 5.74) is 0. The summed E-state index contributed by atoms with van der Waals surface area (Å²) in [6, 6.07) is 1.14. The van der Waals surface area contributed by atoms with E-state index in [9.17, 15) is 0 Å². The molecule has 0 aromatic heterocycles. The maximum absolute atomic E-state index is 5.66. The van der Waals surface area contributed by atoms with Crippen molar-refractivity contribution in [2.75, 3.05) is 46.1 Å². The molecule has 0 atom stereocenters. The summed E-state index contributed by atoms with van der Waals surface area (Å²) in [4.78, 5) is 2.49. The molecule has 1 rings (SSSR count). The quantitative estimate of drug-likeness (QED) is 0.464. The molecular weight excluding hydrogens is 234 g/mol. The second kappa shape index (κ2) is 10.0. The lowest BCUT2D eigenvalue weighted by Crippen LogP contribution is -2.36. The Morgan fingerprint density at radius 2 is 1.71 bits per heavy atom. The van der Waals surface area contributed by atoms with Gasteiger partial charge in [0.2, 0.25) is 0 Å². The largest absolute Gasteiger partial charge is 0.397 e. The zero-order valence-electron chi connectivity index (χ0n) is 11.3. The molecule has 0 radical (unpaired) electrons. The summed E-state index contributed by atoms with van der Waals surface area (Å²) in [5.74, 6) is 0. The van der Waals surface area contributed by atoms with E-state index in [0.717, 1.165) is 45.6 Å². The van der Waals surface area contributed by atoms with Crippen molar-refractivity contribution < 1.29 is 13.6 Å². The smallest absolute Gasteiger partial charge is 0.321 e. The van der Waals surface area contributed by atoms with Crippen LogP contribution in [0.25, 0.3) is 0 Å². The Bertz CT molecular complexity index is 171. The SMILES string of the molecule is CCO[SiH](CCCCN1CCOCC1)OCC. The monoisotopic (exact) mass is 261 g/mol. The first kappa shape index (κ1) is 15.1. The Balaban J connectivity index is 2.00. The first-order valence-corrected chi connectivity index (χ1v) is 8.66. The average Bonchev–Trinajstić information content (AvgIpc) is 2.36. The van der Waals surface area contributed by atoms with E-state index >= 15 is 0 Å². The van der Waals surface area contributed by atoms with E-state index < -0.39 is 9.28 Å². The van der Waals surface area contributed by atoms with E-state index in [1.807, 2.05) is 13.8 Å². The predicted octanol–water partition coefficient (Wildman–Crippen LogP) is 1.39. The molecule has 5 heteroatoms. The molecule has 1 saturated heterocycles. The Morgan fingerprint density at radius 3 is 2.29 bits per heavy atom. The van der Waals surface area contributed by atoms with E-state index in [1.165, 1.54) is 19.4 Å². The number of unbranched alkanes of at least 4 members (excludes halogenated alkanes) is 1. The summed E-state index contributed by atoms with van der Waals surface area (Å²) in [6.45, 7) is 10.9. The van der Waals surface area contributed by atoms with Gasteiger partial charge in [0.1, 0.15) is 0 Å². The van der Waals surface area contributed by atoms with Crippen LogP contribution in [0.5, 0.6) is 0 Å². The zero-order valence-corrected chi connectivity index (χ0v) is 12.5. The topological polar surface area (TPSA) is 30.9 Å². The van der Waals surface area contributed by atoms with Crippen LogP contribution in [-0.2, 0) is 13.6 Å². The maximum atomic E-state index is 5.66. The molecule has 17 heavy (non-hydrogen) atoms. The van der Waals surface area contributed by atoms with E-state index in [-0.39, 0.29) is 0 Å². The van der Waals surface area contributed by atoms with Crippen LogP contribution >= 0.6 is 0 Å². The predicted molar refractivity (Wildman–Crippen MR) is 71.7 cm³/mol. The molecule has 0 bridgehead atoms. The van der Waals surface area contributed by atoms with Crippen molar-refractivity contribution in [2.24, 2.45) is 0 Å². The first-order valence-electron chi connectivity index (χ1n) is 6.90. The van der Waals surface area contributed by atoms with E-state index in [0.29, 0.717) is 0 Å². The van der Waals surface area contributed by atoms with Crippen LogP contribution < -0.4 is 0 Å². The van der Waals surface area contributed by atoms with Gasteiger partial charge >= 0.3 is 9.28 Å². The molecule has 0 aromatic carbocycles. The first-order chi connectivity index (χ1) is 8.36. The van der Waals surface area contributed by atoms with E-state index in [2.05, 4.69) is 4.90 Å². The number of hydrogen-bond acceptors (Lipinski definition) is 4. The molecule has 0 N–H and O–H groups in total. The summed E-state index contributed by atoms with van der Waals surface area (Å²) in [6.07, 6.45) is 2.48. The Morgan fingerprint density at radius 1 is 1.06 bits per heavy atom. The molecule has 102 valence electrons. The minimum Gasteiger partial charge on any atom is -0.397 e. The van der Waals surface area contributed by atoms with Crippen molar-refractivity contribution >= 4 is 9.28 Å². The summed E-state index contributed by atoms with van der Waals surface area (Å²) in [7, 11) is -1.35. The van der Waals surface area contributed by atoms with Crippen molar-refractivity contribution in [1.29, 1.82) is 0 Å². The Labute approximate surface area is 107 Å². The Kier molecular flexibility index (Phi) is 8.91. The molecule has 0 aliphatic carbocycles. The molecule has 0 spiro atoms. The van der Waals surface area contributed by atoms with Crippen LogP contribution in [0.1, 0.15) is 26.7 Å². The third-order valence-electron chi connectivity index (χ3n) is 2.97. The van der Waals surface area contributed by atoms with Gasteiger partial charge in [-0.25, -0.2) is 0 Å². The van der Waals surface area contributed by atoms with Gasteiger partial charge in [-0.2, -0.15) is 0 Å². The highest BCUT2D eigenvalue weighted by atomic mass is 28.3. The van der Waals surface area contributed by atoms with Crippen molar-refractivity contribution in [1.82, 2.24) is 4.90 Å². The van der Waals surface area contributed by atoms with Gasteiger partial charge in [-0.3, -0.25) is 4.90 Å². The number of hydrogen-bond donors (Lipinski definition) is 0. The highest BCUT2D eigenvalue weighted by Crippen LogP contribution is 2.07. The van der Waals surface area contributed by atoms with E-state index in [1.54, 1.807) is 0 Å². The third-order valence-corrected chi connectivity index (χ3v) is 5.26. The van der Waals surface area contributed by atoms with Crippen molar-refractivity contribution in [3.8, 4) is 0 Å². The maximum Gasteiger partial charge on any atom is 0.321 e. The van der Waals surface area contributed by atoms with Crippen molar-refractivity contribution in [3.63, 3.8) is 0 Å². The summed E-state index contributed by atoms with van der Waals surface area (Å²) < 4.78 is 16.6. The fourth-order valence-corrected chi connectivity index (χ4v) is 3.85. The molecule has 0 unspecified atom stereocenters. The fourth-order valence-electron chi connectivity index (χ4n) is 2.06. The summed E-state index contributed by atoms with van der Waals surface area (Å²) >= 11 is 0. The molecule has 0 aromatic rings. The number of morpholine rings is 1. The zero-order chi connectivity index (χ0) is 12.3. The van der Waals surface area contributed by atoms with Crippen molar-refractivity contribution in [3.05, 3.63) is 0 Å². The lowest BCUT2D eigenvalue weighted by molar-refractivity contribution is 0.0372. The van der Waals surface area contributed by atoms with Gasteiger partial charge in [-0.15, -0.1) is 0 Å². The van der Waals surface area contributed by atoms with Gasteiger partial charge in [0.15, 0.2) is 0 Å². The minimum absolute atomic E-state index is 0.792. The standard InChI is InChI=1S/C12H27NO3Si/c1-3-15-17(16-4-2)12-6-5-7-13-8-10-14-11-9-13/h17H,3-12H2,1-2H3. The van der Waals surface area contributed by atoms with Gasteiger partial charge in [-0.05, 0) is 32.9 Å². The molecule has 1 aliphatic heterocycles. The number of ether oxygens (including phenoxy) is 1. The highest BCUT2D eigenvalue weighted by Gasteiger charge is 2.13. The van der Waals surface area contributed by atoms with Gasteiger partial charge in [0.05, 0.1) is 13.2 Å². The van der Waals surface area contributed by atoms with Crippen LogP contribution in [0.2, 0.25) is 6.04 Å². The second-order valence-electron chi connectivity index (χ2n) is 4.29. The van der Waals surface area contributed by atoms with Gasteiger partial charge < -0.3 is 13.6 Å². The molecule has 1 fully saturated rings. The number of nitrogens with zero attached hydrogens (tertiary/aromatic N) is 1. The van der Waals surface area contributed by atoms with Gasteiger partial charge in [0, 0.05) is 26.3 Å². The van der Waals surface area contributed by atoms with Crippen LogP contribution in [-0.4, -0.2) is 60.2 Å². The van der Waals surface area contributed by atoms with Crippen molar-refractivity contribution in [2.45, 2.75) is 32.7 Å². The average molecular weight is 261 g/mol. The molecule has 0 amide bonds. The highest BCUT2D eigenvalue weighted by molar-refractivity contribution is 6.44. The van der Waals surface area contributed by atoms with Crippen LogP contribution in [0.3, 0.4) is 0 Å². The molecule has 1 heterocycles. The molecule has 4 nitrogen and oxygen atoms in total. The Hall–Kier alpha value is 0.0569. The van der Waals surface area contributed by atoms with Crippen LogP contribution in [0.4, 0.5) is 0 Å². The fraction of sp³-hybridized carbons (Fsp3) is 1.00. The van der Waals surface area contributed by atoms with Crippen LogP contribution in [0, 0.1) is 0 Å². The summed E-state index contributed by atoms with van der Waals surface area (Å²) in [5, 5.41) is 0. The number of rotatable bonds is 9. The molecule has 1 aliphatic rings. The lowest BCUT2D eigenvalue weighted by atomic mass is 10.3. The molecular formula is C12H27NO3Si. The molecule has 0 saturated carbocycles. The second-order valence-corrected chi connectivity index (χ2v) is 6.39. The van der Waals surface area contributed by atoms with Crippen LogP contribution in [0.15, 0.2) is 0 Å². The minimum atomic E-state index is -1.35. The normalized spacial score (nSPS) is 17.8. The third kappa shape index (κ3) is 7.16.